The fourth-order valence-corrected chi connectivity index (χ4v) is 11.6. The van der Waals surface area contributed by atoms with Crippen LogP contribution in [0.1, 0.15) is 59.0 Å². The Kier molecular flexibility index (Phi) is 10.4. The Morgan fingerprint density at radius 1 is 0.925 bits per heavy atom. The average Bonchev–Trinajstić information content (AvgIpc) is 2.83. The molecule has 0 spiro atoms. The van der Waals surface area contributed by atoms with Crippen molar-refractivity contribution in [2.45, 2.75) is 87.3 Å². The second-order valence-corrected chi connectivity index (χ2v) is 17.5. The van der Waals surface area contributed by atoms with Gasteiger partial charge in [-0.05, 0) is 53.9 Å². The molecule has 1 atom stereocenters. The lowest BCUT2D eigenvalue weighted by atomic mass is 10.3. The Balaban J connectivity index is 2.13. The molecule has 0 aliphatic carbocycles. The van der Waals surface area contributed by atoms with Crippen LogP contribution < -0.4 is 21.3 Å². The summed E-state index contributed by atoms with van der Waals surface area (Å²) in [5, 5.41) is 0. The molecule has 1 aromatic carbocycles. The number of halogens is 3. The van der Waals surface area contributed by atoms with Crippen LogP contribution in [0.25, 0.3) is 0 Å². The number of carbonyl (C=O) groups is 2. The standard InChI is InChI=1S/C25H35F3N4O6SSi/c1-14(2)40(15(3)4,16(5)6)38-17(7)23(33)31-32-24(34)22-21(29)12-20(13-30-22)39(35,36)19-10-8-18(9-11-19)37-25(26,27)28/h8-17H,29H2,1-7H3,(H,31,33)(H,32,34)/t17-/m0/s1. The lowest BCUT2D eigenvalue weighted by Crippen LogP contribution is -2.54. The number of carbonyl (C=O) groups excluding carboxylic acids is 2. The minimum atomic E-state index is -4.93. The first-order valence-corrected chi connectivity index (χ1v) is 16.1. The zero-order chi connectivity index (χ0) is 30.6. The van der Waals surface area contributed by atoms with E-state index in [-0.39, 0.29) is 32.9 Å². The van der Waals surface area contributed by atoms with E-state index in [4.69, 9.17) is 10.2 Å². The van der Waals surface area contributed by atoms with Crippen LogP contribution in [-0.2, 0) is 19.1 Å². The zero-order valence-electron chi connectivity index (χ0n) is 23.3. The molecule has 1 heterocycles. The van der Waals surface area contributed by atoms with Gasteiger partial charge >= 0.3 is 6.36 Å². The molecule has 2 aromatic rings. The Morgan fingerprint density at radius 3 is 1.90 bits per heavy atom. The van der Waals surface area contributed by atoms with Crippen LogP contribution in [-0.4, -0.2) is 46.0 Å². The number of benzene rings is 1. The largest absolute Gasteiger partial charge is 0.573 e. The quantitative estimate of drug-likeness (QED) is 0.260. The number of rotatable bonds is 10. The van der Waals surface area contributed by atoms with Crippen molar-refractivity contribution in [3.8, 4) is 5.75 Å². The van der Waals surface area contributed by atoms with Gasteiger partial charge in [0, 0.05) is 6.20 Å². The predicted molar refractivity (Wildman–Crippen MR) is 144 cm³/mol. The van der Waals surface area contributed by atoms with Crippen LogP contribution in [0.5, 0.6) is 5.75 Å². The first-order chi connectivity index (χ1) is 18.3. The number of ether oxygens (including phenoxy) is 1. The topological polar surface area (TPSA) is 150 Å². The fourth-order valence-electron chi connectivity index (χ4n) is 4.80. The Bertz CT molecular complexity index is 1300. The number of amides is 2. The van der Waals surface area contributed by atoms with E-state index in [0.29, 0.717) is 0 Å². The molecule has 4 N–H and O–H groups in total. The molecule has 10 nitrogen and oxygen atoms in total. The molecule has 0 bridgehead atoms. The van der Waals surface area contributed by atoms with Gasteiger partial charge in [-0.25, -0.2) is 13.4 Å². The van der Waals surface area contributed by atoms with Gasteiger partial charge in [-0.15, -0.1) is 13.2 Å². The van der Waals surface area contributed by atoms with Gasteiger partial charge < -0.3 is 14.9 Å². The summed E-state index contributed by atoms with van der Waals surface area (Å²) in [6.45, 7) is 14.1. The number of sulfone groups is 1. The number of nitrogens with two attached hydrogens (primary N) is 1. The monoisotopic (exact) mass is 604 g/mol. The van der Waals surface area contributed by atoms with Crippen LogP contribution in [0.2, 0.25) is 16.6 Å². The van der Waals surface area contributed by atoms with Gasteiger partial charge in [0.25, 0.3) is 11.8 Å². The maximum absolute atomic E-state index is 12.9. The van der Waals surface area contributed by atoms with Crippen molar-refractivity contribution in [1.82, 2.24) is 15.8 Å². The van der Waals surface area contributed by atoms with Gasteiger partial charge in [0.1, 0.15) is 11.9 Å². The number of nitrogens with zero attached hydrogens (tertiary/aromatic N) is 1. The molecule has 0 saturated carbocycles. The first kappa shape index (κ1) is 33.0. The van der Waals surface area contributed by atoms with Gasteiger partial charge in [-0.1, -0.05) is 41.5 Å². The van der Waals surface area contributed by atoms with E-state index in [1.165, 1.54) is 0 Å². The summed E-state index contributed by atoms with van der Waals surface area (Å²) in [5.41, 5.74) is 10.4. The van der Waals surface area contributed by atoms with Gasteiger partial charge in [-0.2, -0.15) is 0 Å². The average molecular weight is 605 g/mol. The van der Waals surface area contributed by atoms with Crippen molar-refractivity contribution in [2.75, 3.05) is 5.73 Å². The third-order valence-electron chi connectivity index (χ3n) is 6.54. The molecule has 0 aliphatic rings. The van der Waals surface area contributed by atoms with Crippen LogP contribution in [0.4, 0.5) is 18.9 Å². The van der Waals surface area contributed by atoms with Crippen molar-refractivity contribution < 1.29 is 40.3 Å². The summed E-state index contributed by atoms with van der Waals surface area (Å²) in [6.07, 6.45) is -4.91. The normalized spacial score (nSPS) is 13.4. The highest BCUT2D eigenvalue weighted by Gasteiger charge is 2.47. The minimum Gasteiger partial charge on any atom is -0.406 e. The molecule has 1 aromatic heterocycles. The number of pyridine rings is 1. The molecule has 40 heavy (non-hydrogen) atoms. The van der Waals surface area contributed by atoms with E-state index in [1.54, 1.807) is 6.92 Å². The summed E-state index contributed by atoms with van der Waals surface area (Å²) >= 11 is 0. The number of anilines is 1. The van der Waals surface area contributed by atoms with E-state index in [1.807, 2.05) is 0 Å². The lowest BCUT2D eigenvalue weighted by molar-refractivity contribution is -0.274. The Labute approximate surface area is 232 Å². The summed E-state index contributed by atoms with van der Waals surface area (Å²) in [5.74, 6) is -2.07. The van der Waals surface area contributed by atoms with Crippen LogP contribution in [0.3, 0.4) is 0 Å². The zero-order valence-corrected chi connectivity index (χ0v) is 25.1. The van der Waals surface area contributed by atoms with Gasteiger partial charge in [0.15, 0.2) is 5.69 Å². The van der Waals surface area contributed by atoms with Crippen molar-refractivity contribution in [2.24, 2.45) is 0 Å². The number of alkyl halides is 3. The van der Waals surface area contributed by atoms with E-state index >= 15 is 0 Å². The predicted octanol–water partition coefficient (Wildman–Crippen LogP) is 4.74. The third-order valence-corrected chi connectivity index (χ3v) is 14.5. The molecule has 2 amide bonds. The molecule has 2 rings (SSSR count). The smallest absolute Gasteiger partial charge is 0.406 e. The summed E-state index contributed by atoms with van der Waals surface area (Å²) in [7, 11) is -6.60. The van der Waals surface area contributed by atoms with E-state index in [0.717, 1.165) is 36.5 Å². The first-order valence-electron chi connectivity index (χ1n) is 12.5. The maximum atomic E-state index is 12.9. The Hall–Kier alpha value is -3.17. The molecule has 0 radical (unpaired) electrons. The van der Waals surface area contributed by atoms with Crippen molar-refractivity contribution >= 4 is 35.7 Å². The molecule has 15 heteroatoms. The van der Waals surface area contributed by atoms with Crippen molar-refractivity contribution in [1.29, 1.82) is 0 Å². The van der Waals surface area contributed by atoms with Gasteiger partial charge in [-0.3, -0.25) is 20.4 Å². The number of hydrogen-bond donors (Lipinski definition) is 3. The lowest BCUT2D eigenvalue weighted by Gasteiger charge is -2.43. The molecule has 0 aliphatic heterocycles. The number of hydrazine groups is 1. The van der Waals surface area contributed by atoms with Crippen LogP contribution in [0, 0.1) is 0 Å². The van der Waals surface area contributed by atoms with E-state index < -0.39 is 53.1 Å². The Morgan fingerprint density at radius 2 is 1.45 bits per heavy atom. The minimum absolute atomic E-state index is 0.238. The second-order valence-electron chi connectivity index (χ2n) is 10.2. The molecule has 0 fully saturated rings. The molecule has 222 valence electrons. The molecule has 0 saturated heterocycles. The second kappa shape index (κ2) is 12.6. The van der Waals surface area contributed by atoms with E-state index in [9.17, 15) is 31.2 Å². The molecule has 0 unspecified atom stereocenters. The van der Waals surface area contributed by atoms with Crippen molar-refractivity contribution in [3.63, 3.8) is 0 Å². The number of nitrogen functional groups attached to an aromatic ring is 1. The van der Waals surface area contributed by atoms with Gasteiger partial charge in [0.05, 0.1) is 15.5 Å². The van der Waals surface area contributed by atoms with Gasteiger partial charge in [0.2, 0.25) is 18.2 Å². The summed E-state index contributed by atoms with van der Waals surface area (Å²) in [6, 6.07) is 4.55. The SMILES string of the molecule is CC(C)[Si](O[C@@H](C)C(=O)NNC(=O)c1ncc(S(=O)(=O)c2ccc(OC(F)(F)F)cc2)cc1N)(C(C)C)C(C)C. The summed E-state index contributed by atoms with van der Waals surface area (Å²) < 4.78 is 73.0. The number of nitrogens with one attached hydrogen (secondary N) is 2. The number of hydrogen-bond acceptors (Lipinski definition) is 8. The summed E-state index contributed by atoms with van der Waals surface area (Å²) in [4.78, 5) is 28.4. The highest BCUT2D eigenvalue weighted by Crippen LogP contribution is 2.43. The molecular formula is C25H35F3N4O6SSi. The highest BCUT2D eigenvalue weighted by molar-refractivity contribution is 7.91. The third kappa shape index (κ3) is 7.51. The van der Waals surface area contributed by atoms with Crippen LogP contribution >= 0.6 is 0 Å². The maximum Gasteiger partial charge on any atom is 0.573 e. The number of aromatic nitrogens is 1. The highest BCUT2D eigenvalue weighted by atomic mass is 32.2. The van der Waals surface area contributed by atoms with E-state index in [2.05, 4.69) is 62.1 Å². The van der Waals surface area contributed by atoms with Crippen molar-refractivity contribution in [3.05, 3.63) is 42.2 Å². The fraction of sp³-hybridized carbons (Fsp3) is 0.480. The van der Waals surface area contributed by atoms with Crippen LogP contribution in [0.15, 0.2) is 46.3 Å². The molecular weight excluding hydrogens is 569 g/mol.